The average Bonchev–Trinajstić information content (AvgIpc) is 2.34. The number of carbonyl (C=O) groups excluding carboxylic acids is 1. The summed E-state index contributed by atoms with van der Waals surface area (Å²) in [4.78, 5) is 14.1. The summed E-state index contributed by atoms with van der Waals surface area (Å²) < 4.78 is 5.10. The maximum absolute atomic E-state index is 11.4. The molecule has 0 spiro atoms. The molecule has 8 heteroatoms. The van der Waals surface area contributed by atoms with Crippen molar-refractivity contribution >= 4 is 22.0 Å². The van der Waals surface area contributed by atoms with Crippen LogP contribution < -0.4 is 5.32 Å². The number of alkyl carbamates (subject to hydrolysis) is 1. The molecule has 0 aliphatic rings. The molecule has 0 fully saturated rings. The molecule has 0 saturated carbocycles. The van der Waals surface area contributed by atoms with E-state index in [9.17, 15) is 9.90 Å². The number of ether oxygens (including phenoxy) is 1. The van der Waals surface area contributed by atoms with E-state index in [1.165, 1.54) is 0 Å². The van der Waals surface area contributed by atoms with Crippen LogP contribution in [0.5, 0.6) is 0 Å². The number of hydrogen-bond donors (Lipinski definition) is 2. The Balaban J connectivity index is 3.84. The molecule has 0 saturated heterocycles. The smallest absolute Gasteiger partial charge is 0.407 e. The predicted molar refractivity (Wildman–Crippen MR) is 80.8 cm³/mol. The van der Waals surface area contributed by atoms with Crippen molar-refractivity contribution in [1.82, 2.24) is 5.32 Å². The maximum Gasteiger partial charge on any atom is 0.407 e. The van der Waals surface area contributed by atoms with Crippen molar-refractivity contribution in [3.05, 3.63) is 10.4 Å². The predicted octanol–water partition coefficient (Wildman–Crippen LogP) is 3.12. The summed E-state index contributed by atoms with van der Waals surface area (Å²) in [6, 6.07) is -0.444. The minimum absolute atomic E-state index is 0.368. The number of nitrogens with one attached hydrogen (secondary N) is 1. The van der Waals surface area contributed by atoms with Crippen molar-refractivity contribution in [2.75, 3.05) is 11.9 Å². The summed E-state index contributed by atoms with van der Waals surface area (Å²) in [6.45, 7) is 5.90. The zero-order chi connectivity index (χ0) is 15.6. The molecule has 7 nitrogen and oxygen atoms in total. The lowest BCUT2D eigenvalue weighted by Gasteiger charge is -2.20. The fraction of sp³-hybridized carbons (Fsp3) is 0.917. The van der Waals surface area contributed by atoms with Crippen LogP contribution in [0.4, 0.5) is 4.79 Å². The van der Waals surface area contributed by atoms with Gasteiger partial charge in [0.05, 0.1) is 12.1 Å². The number of carbonyl (C=O) groups is 1. The zero-order valence-corrected chi connectivity index (χ0v) is 13.8. The Bertz CT molecular complexity index is 340. The highest BCUT2D eigenvalue weighted by Crippen LogP contribution is 2.11. The third-order valence-corrected chi connectivity index (χ3v) is 3.06. The summed E-state index contributed by atoms with van der Waals surface area (Å²) in [5.41, 5.74) is 7.92. The Hall–Kier alpha value is -0.980. The maximum atomic E-state index is 11.4. The van der Waals surface area contributed by atoms with E-state index in [1.807, 2.05) is 0 Å². The highest BCUT2D eigenvalue weighted by molar-refractivity contribution is 9.09. The lowest BCUT2D eigenvalue weighted by Crippen LogP contribution is -2.33. The fourth-order valence-electron chi connectivity index (χ4n) is 1.48. The van der Waals surface area contributed by atoms with Gasteiger partial charge in [-0.15, -0.1) is 0 Å². The summed E-state index contributed by atoms with van der Waals surface area (Å²) >= 11 is 3.15. The second-order valence-corrected chi connectivity index (χ2v) is 6.07. The van der Waals surface area contributed by atoms with Gasteiger partial charge in [-0.05, 0) is 39.1 Å². The molecule has 2 atom stereocenters. The molecule has 0 aliphatic carbocycles. The van der Waals surface area contributed by atoms with Crippen molar-refractivity contribution < 1.29 is 14.6 Å². The summed E-state index contributed by atoms with van der Waals surface area (Å²) in [5.74, 6) is 0. The van der Waals surface area contributed by atoms with Crippen molar-refractivity contribution in [3.63, 3.8) is 0 Å². The molecule has 0 aromatic heterocycles. The lowest BCUT2D eigenvalue weighted by molar-refractivity contribution is 0.0526. The molecule has 1 unspecified atom stereocenters. The number of amides is 1. The molecule has 20 heavy (non-hydrogen) atoms. The van der Waals surface area contributed by atoms with Crippen LogP contribution in [0.2, 0.25) is 0 Å². The minimum Gasteiger partial charge on any atom is -0.444 e. The first kappa shape index (κ1) is 19.0. The molecule has 1 amide bonds. The van der Waals surface area contributed by atoms with Gasteiger partial charge in [-0.1, -0.05) is 27.5 Å². The van der Waals surface area contributed by atoms with E-state index in [1.54, 1.807) is 20.8 Å². The van der Waals surface area contributed by atoms with Gasteiger partial charge in [0.1, 0.15) is 5.60 Å². The summed E-state index contributed by atoms with van der Waals surface area (Å²) in [7, 11) is 0. The highest BCUT2D eigenvalue weighted by Gasteiger charge is 2.17. The number of azide groups is 1. The third kappa shape index (κ3) is 9.89. The van der Waals surface area contributed by atoms with Crippen LogP contribution >= 0.6 is 15.9 Å². The molecule has 0 rings (SSSR count). The quantitative estimate of drug-likeness (QED) is 0.231. The highest BCUT2D eigenvalue weighted by atomic mass is 79.9. The molecule has 0 heterocycles. The van der Waals surface area contributed by atoms with Crippen LogP contribution in [0.1, 0.15) is 40.0 Å². The number of halogens is 1. The fourth-order valence-corrected chi connectivity index (χ4v) is 1.91. The van der Waals surface area contributed by atoms with E-state index in [4.69, 9.17) is 10.3 Å². The third-order valence-electron chi connectivity index (χ3n) is 2.40. The molecule has 0 aliphatic heterocycles. The molecule has 116 valence electrons. The topological polar surface area (TPSA) is 107 Å². The van der Waals surface area contributed by atoms with E-state index in [0.717, 1.165) is 12.8 Å². The van der Waals surface area contributed by atoms with Gasteiger partial charge < -0.3 is 15.2 Å². The standard InChI is InChI=1S/C12H23BrN4O3/c1-12(2,3)20-11(19)15-7-5-4-6-9(16-17-14)10(18)8-13/h9-10,18H,4-8H2,1-3H3,(H,15,19)/t9-,10?/m0/s1. The minimum atomic E-state index is -0.690. The van der Waals surface area contributed by atoms with Crippen LogP contribution in [-0.4, -0.2) is 40.8 Å². The van der Waals surface area contributed by atoms with Gasteiger partial charge in [0.15, 0.2) is 0 Å². The second-order valence-electron chi connectivity index (χ2n) is 5.42. The Morgan fingerprint density at radius 2 is 2.15 bits per heavy atom. The Kier molecular flexibility index (Phi) is 9.37. The SMILES string of the molecule is CC(C)(C)OC(=O)NCCCC[C@H](N=[N+]=[N-])C(O)CBr. The first-order chi connectivity index (χ1) is 9.30. The van der Waals surface area contributed by atoms with Crippen molar-refractivity contribution in [2.45, 2.75) is 57.8 Å². The number of alkyl halides is 1. The van der Waals surface area contributed by atoms with Gasteiger partial charge in [-0.25, -0.2) is 4.79 Å². The van der Waals surface area contributed by atoms with E-state index in [2.05, 4.69) is 31.3 Å². The second kappa shape index (κ2) is 9.85. The first-order valence-electron chi connectivity index (χ1n) is 6.55. The Morgan fingerprint density at radius 3 is 2.65 bits per heavy atom. The van der Waals surface area contributed by atoms with Crippen molar-refractivity contribution in [2.24, 2.45) is 5.11 Å². The van der Waals surface area contributed by atoms with E-state index in [0.29, 0.717) is 18.3 Å². The van der Waals surface area contributed by atoms with E-state index >= 15 is 0 Å². The first-order valence-corrected chi connectivity index (χ1v) is 7.67. The number of nitrogens with zero attached hydrogens (tertiary/aromatic N) is 3. The zero-order valence-electron chi connectivity index (χ0n) is 12.2. The van der Waals surface area contributed by atoms with E-state index < -0.39 is 23.8 Å². The van der Waals surface area contributed by atoms with Gasteiger partial charge in [-0.2, -0.15) is 0 Å². The Morgan fingerprint density at radius 1 is 1.50 bits per heavy atom. The molecular weight excluding hydrogens is 328 g/mol. The van der Waals surface area contributed by atoms with Gasteiger partial charge >= 0.3 is 6.09 Å². The number of rotatable bonds is 8. The van der Waals surface area contributed by atoms with Crippen molar-refractivity contribution in [1.29, 1.82) is 0 Å². The van der Waals surface area contributed by atoms with Crippen LogP contribution in [0.15, 0.2) is 5.11 Å². The number of unbranched alkanes of at least 4 members (excludes halogenated alkanes) is 1. The molecule has 0 aromatic carbocycles. The van der Waals surface area contributed by atoms with Crippen LogP contribution in [0.25, 0.3) is 10.4 Å². The molecule has 0 radical (unpaired) electrons. The molecule has 0 bridgehead atoms. The van der Waals surface area contributed by atoms with Gasteiger partial charge in [0, 0.05) is 16.8 Å². The van der Waals surface area contributed by atoms with Gasteiger partial charge in [-0.3, -0.25) is 0 Å². The van der Waals surface area contributed by atoms with E-state index in [-0.39, 0.29) is 0 Å². The lowest BCUT2D eigenvalue weighted by atomic mass is 10.1. The van der Waals surface area contributed by atoms with Crippen LogP contribution in [-0.2, 0) is 4.74 Å². The Labute approximate surface area is 127 Å². The van der Waals surface area contributed by atoms with Gasteiger partial charge in [0.25, 0.3) is 0 Å². The number of aliphatic hydroxyl groups is 1. The summed E-state index contributed by atoms with van der Waals surface area (Å²) in [6.07, 6.45) is 0.913. The largest absolute Gasteiger partial charge is 0.444 e. The monoisotopic (exact) mass is 350 g/mol. The number of hydrogen-bond acceptors (Lipinski definition) is 4. The van der Waals surface area contributed by atoms with Gasteiger partial charge in [0.2, 0.25) is 0 Å². The molecular formula is C12H23BrN4O3. The molecule has 0 aromatic rings. The van der Waals surface area contributed by atoms with Crippen LogP contribution in [0, 0.1) is 0 Å². The normalized spacial score (nSPS) is 14.1. The van der Waals surface area contributed by atoms with Crippen molar-refractivity contribution in [3.8, 4) is 0 Å². The number of aliphatic hydroxyl groups excluding tert-OH is 1. The molecule has 2 N–H and O–H groups in total. The van der Waals surface area contributed by atoms with Crippen LogP contribution in [0.3, 0.4) is 0 Å². The average molecular weight is 351 g/mol. The summed E-state index contributed by atoms with van der Waals surface area (Å²) in [5, 5.41) is 16.2.